The van der Waals surface area contributed by atoms with Crippen molar-refractivity contribution in [2.24, 2.45) is 0 Å². The smallest absolute Gasteiger partial charge is 0.157 e. The molecule has 1 aliphatic heterocycles. The summed E-state index contributed by atoms with van der Waals surface area (Å²) in [7, 11) is 0. The molecule has 2 aromatic carbocycles. The van der Waals surface area contributed by atoms with Gasteiger partial charge in [0.2, 0.25) is 0 Å². The largest absolute Gasteiger partial charge is 0.508 e. The van der Waals surface area contributed by atoms with E-state index in [0.717, 1.165) is 36.2 Å². The van der Waals surface area contributed by atoms with Gasteiger partial charge in [-0.15, -0.1) is 0 Å². The lowest BCUT2D eigenvalue weighted by molar-refractivity contribution is 0.402. The summed E-state index contributed by atoms with van der Waals surface area (Å²) in [6.07, 6.45) is 0.817. The molecule has 0 aliphatic carbocycles. The molecule has 104 valence electrons. The molecule has 4 heteroatoms. The first-order chi connectivity index (χ1) is 9.65. The molecule has 0 radical (unpaired) electrons. The van der Waals surface area contributed by atoms with Crippen molar-refractivity contribution in [1.82, 2.24) is 5.32 Å². The Morgan fingerprint density at radius 1 is 0.950 bits per heavy atom. The third kappa shape index (κ3) is 2.30. The Morgan fingerprint density at radius 2 is 1.65 bits per heavy atom. The van der Waals surface area contributed by atoms with Gasteiger partial charge < -0.3 is 20.6 Å². The molecular formula is C16H17NO3. The van der Waals surface area contributed by atoms with Crippen LogP contribution >= 0.6 is 0 Å². The second-order valence-corrected chi connectivity index (χ2v) is 5.14. The fourth-order valence-corrected chi connectivity index (χ4v) is 2.76. The van der Waals surface area contributed by atoms with E-state index in [1.165, 1.54) is 0 Å². The zero-order valence-corrected chi connectivity index (χ0v) is 11.0. The maximum atomic E-state index is 9.77. The van der Waals surface area contributed by atoms with Crippen LogP contribution in [0.3, 0.4) is 0 Å². The summed E-state index contributed by atoms with van der Waals surface area (Å²) >= 11 is 0. The van der Waals surface area contributed by atoms with Crippen molar-refractivity contribution >= 4 is 0 Å². The molecule has 0 fully saturated rings. The van der Waals surface area contributed by atoms with Crippen molar-refractivity contribution < 1.29 is 15.3 Å². The number of hydrogen-bond acceptors (Lipinski definition) is 4. The van der Waals surface area contributed by atoms with E-state index < -0.39 is 0 Å². The number of fused-ring (bicyclic) bond motifs is 1. The minimum atomic E-state index is -0.0885. The second-order valence-electron chi connectivity index (χ2n) is 5.14. The molecule has 0 amide bonds. The predicted octanol–water partition coefficient (Wildman–Crippen LogP) is 2.08. The van der Waals surface area contributed by atoms with E-state index in [4.69, 9.17) is 0 Å². The Bertz CT molecular complexity index is 622. The fraction of sp³-hybridized carbons (Fsp3) is 0.250. The van der Waals surface area contributed by atoms with Gasteiger partial charge in [-0.05, 0) is 53.9 Å². The summed E-state index contributed by atoms with van der Waals surface area (Å²) in [5.41, 5.74) is 3.14. The first kappa shape index (κ1) is 12.8. The van der Waals surface area contributed by atoms with E-state index in [0.29, 0.717) is 0 Å². The number of benzene rings is 2. The van der Waals surface area contributed by atoms with Crippen LogP contribution in [0.25, 0.3) is 0 Å². The van der Waals surface area contributed by atoms with E-state index >= 15 is 0 Å². The van der Waals surface area contributed by atoms with Crippen molar-refractivity contribution in [3.63, 3.8) is 0 Å². The molecule has 0 bridgehead atoms. The number of nitrogens with one attached hydrogen (secondary N) is 1. The minimum Gasteiger partial charge on any atom is -0.508 e. The van der Waals surface area contributed by atoms with E-state index in [-0.39, 0.29) is 23.2 Å². The highest BCUT2D eigenvalue weighted by Crippen LogP contribution is 2.36. The van der Waals surface area contributed by atoms with E-state index in [9.17, 15) is 15.3 Å². The van der Waals surface area contributed by atoms with Gasteiger partial charge in [0.05, 0.1) is 0 Å². The van der Waals surface area contributed by atoms with Crippen molar-refractivity contribution in [2.45, 2.75) is 12.3 Å². The average Bonchev–Trinajstić information content (AvgIpc) is 2.63. The van der Waals surface area contributed by atoms with Crippen LogP contribution in [0, 0.1) is 0 Å². The first-order valence-electron chi connectivity index (χ1n) is 6.69. The summed E-state index contributed by atoms with van der Waals surface area (Å²) in [4.78, 5) is 0. The highest BCUT2D eigenvalue weighted by molar-refractivity contribution is 5.50. The second kappa shape index (κ2) is 5.06. The molecule has 4 nitrogen and oxygen atoms in total. The van der Waals surface area contributed by atoms with Gasteiger partial charge in [0.15, 0.2) is 11.5 Å². The molecule has 0 spiro atoms. The van der Waals surface area contributed by atoms with Gasteiger partial charge in [0.25, 0.3) is 0 Å². The Hall–Kier alpha value is -2.20. The highest BCUT2D eigenvalue weighted by atomic mass is 16.3. The van der Waals surface area contributed by atoms with Gasteiger partial charge >= 0.3 is 0 Å². The minimum absolute atomic E-state index is 0.0740. The van der Waals surface area contributed by atoms with Crippen LogP contribution in [-0.2, 0) is 6.42 Å². The van der Waals surface area contributed by atoms with E-state index in [1.807, 2.05) is 12.1 Å². The van der Waals surface area contributed by atoms with E-state index in [1.54, 1.807) is 24.3 Å². The SMILES string of the molecule is Oc1ccc([C@H]2CNCCc3cc(O)c(O)cc32)cc1. The topological polar surface area (TPSA) is 72.7 Å². The Morgan fingerprint density at radius 3 is 2.40 bits per heavy atom. The van der Waals surface area contributed by atoms with Crippen molar-refractivity contribution in [1.29, 1.82) is 0 Å². The maximum Gasteiger partial charge on any atom is 0.157 e. The number of phenols is 3. The molecule has 0 unspecified atom stereocenters. The summed E-state index contributed by atoms with van der Waals surface area (Å²) in [5.74, 6) is 0.174. The molecule has 3 rings (SSSR count). The molecule has 2 aromatic rings. The first-order valence-corrected chi connectivity index (χ1v) is 6.69. The van der Waals surface area contributed by atoms with Gasteiger partial charge in [-0.2, -0.15) is 0 Å². The van der Waals surface area contributed by atoms with Gasteiger partial charge in [-0.25, -0.2) is 0 Å². The Labute approximate surface area is 117 Å². The van der Waals surface area contributed by atoms with Crippen LogP contribution in [0.5, 0.6) is 17.2 Å². The molecule has 0 saturated carbocycles. The Balaban J connectivity index is 2.09. The number of aromatic hydroxyl groups is 3. The van der Waals surface area contributed by atoms with Crippen molar-refractivity contribution in [2.75, 3.05) is 13.1 Å². The standard InChI is InChI=1S/C16H17NO3/c18-12-3-1-10(2-4-12)14-9-17-6-5-11-7-15(19)16(20)8-13(11)14/h1-4,7-8,14,17-20H,5-6,9H2/t14-/m1/s1. The van der Waals surface area contributed by atoms with Crippen LogP contribution in [0.1, 0.15) is 22.6 Å². The van der Waals surface area contributed by atoms with Crippen LogP contribution in [0.2, 0.25) is 0 Å². The van der Waals surface area contributed by atoms with Gasteiger partial charge in [0.1, 0.15) is 5.75 Å². The lowest BCUT2D eigenvalue weighted by Crippen LogP contribution is -2.20. The van der Waals surface area contributed by atoms with Crippen LogP contribution in [0.4, 0.5) is 0 Å². The number of hydrogen-bond donors (Lipinski definition) is 4. The highest BCUT2D eigenvalue weighted by Gasteiger charge is 2.22. The van der Waals surface area contributed by atoms with Crippen LogP contribution < -0.4 is 5.32 Å². The summed E-state index contributed by atoms with van der Waals surface area (Å²) in [6, 6.07) is 10.4. The third-order valence-corrected chi connectivity index (χ3v) is 3.83. The summed E-state index contributed by atoms with van der Waals surface area (Å²) < 4.78 is 0. The third-order valence-electron chi connectivity index (χ3n) is 3.83. The molecule has 0 saturated heterocycles. The average molecular weight is 271 g/mol. The molecule has 1 heterocycles. The zero-order chi connectivity index (χ0) is 14.1. The lowest BCUT2D eigenvalue weighted by Gasteiger charge is -2.19. The van der Waals surface area contributed by atoms with Crippen LogP contribution in [-0.4, -0.2) is 28.4 Å². The van der Waals surface area contributed by atoms with Crippen molar-refractivity contribution in [3.05, 3.63) is 53.1 Å². The number of rotatable bonds is 1. The summed E-state index contributed by atoms with van der Waals surface area (Å²) in [6.45, 7) is 1.60. The maximum absolute atomic E-state index is 9.77. The molecular weight excluding hydrogens is 254 g/mol. The van der Waals surface area contributed by atoms with E-state index in [2.05, 4.69) is 5.32 Å². The van der Waals surface area contributed by atoms with Gasteiger partial charge in [-0.3, -0.25) is 0 Å². The van der Waals surface area contributed by atoms with Crippen LogP contribution in [0.15, 0.2) is 36.4 Å². The fourth-order valence-electron chi connectivity index (χ4n) is 2.76. The molecule has 0 aromatic heterocycles. The zero-order valence-electron chi connectivity index (χ0n) is 11.0. The molecule has 1 aliphatic rings. The lowest BCUT2D eigenvalue weighted by atomic mass is 9.88. The molecule has 20 heavy (non-hydrogen) atoms. The summed E-state index contributed by atoms with van der Waals surface area (Å²) in [5, 5.41) is 32.2. The normalized spacial score (nSPS) is 18.3. The quantitative estimate of drug-likeness (QED) is 0.599. The number of phenolic OH excluding ortho intramolecular Hbond substituents is 3. The van der Waals surface area contributed by atoms with Crippen molar-refractivity contribution in [3.8, 4) is 17.2 Å². The Kier molecular flexibility index (Phi) is 3.24. The predicted molar refractivity (Wildman–Crippen MR) is 76.3 cm³/mol. The monoisotopic (exact) mass is 271 g/mol. The van der Waals surface area contributed by atoms with Gasteiger partial charge in [-0.1, -0.05) is 12.1 Å². The van der Waals surface area contributed by atoms with Gasteiger partial charge in [0, 0.05) is 12.5 Å². The molecule has 1 atom stereocenters. The molecule has 4 N–H and O–H groups in total.